The number of hydrogen-bond acceptors (Lipinski definition) is 5. The van der Waals surface area contributed by atoms with Crippen molar-refractivity contribution in [1.29, 1.82) is 0 Å². The third-order valence-electron chi connectivity index (χ3n) is 5.04. The van der Waals surface area contributed by atoms with Crippen LogP contribution < -0.4 is 15.0 Å². The average molecular weight is 396 g/mol. The molecule has 0 aliphatic carbocycles. The summed E-state index contributed by atoms with van der Waals surface area (Å²) in [6.07, 6.45) is 2.96. The van der Waals surface area contributed by atoms with Crippen molar-refractivity contribution in [3.63, 3.8) is 0 Å². The van der Waals surface area contributed by atoms with Gasteiger partial charge in [0, 0.05) is 24.5 Å². The summed E-state index contributed by atoms with van der Waals surface area (Å²) in [6.45, 7) is 3.73. The number of anilines is 2. The molecule has 154 valence electrons. The van der Waals surface area contributed by atoms with Crippen molar-refractivity contribution >= 4 is 23.3 Å². The first-order chi connectivity index (χ1) is 14.0. The van der Waals surface area contributed by atoms with Gasteiger partial charge >= 0.3 is 5.97 Å². The molecule has 6 nitrogen and oxygen atoms in total. The van der Waals surface area contributed by atoms with E-state index < -0.39 is 12.1 Å². The summed E-state index contributed by atoms with van der Waals surface area (Å²) in [5, 5.41) is 2.80. The van der Waals surface area contributed by atoms with Gasteiger partial charge in [0.1, 0.15) is 5.75 Å². The number of benzene rings is 2. The smallest absolute Gasteiger partial charge is 0.311 e. The Kier molecular flexibility index (Phi) is 7.11. The van der Waals surface area contributed by atoms with Crippen LogP contribution in [0.1, 0.15) is 31.7 Å². The maximum absolute atomic E-state index is 12.4. The van der Waals surface area contributed by atoms with Crippen molar-refractivity contribution in [2.75, 3.05) is 30.4 Å². The molecule has 0 unspecified atom stereocenters. The van der Waals surface area contributed by atoms with Gasteiger partial charge in [-0.1, -0.05) is 12.1 Å². The molecule has 1 aliphatic heterocycles. The van der Waals surface area contributed by atoms with Gasteiger partial charge in [0.2, 0.25) is 0 Å². The molecule has 1 fully saturated rings. The van der Waals surface area contributed by atoms with Crippen molar-refractivity contribution in [2.24, 2.45) is 0 Å². The number of carbonyl (C=O) groups excluding carboxylic acids is 2. The highest BCUT2D eigenvalue weighted by Gasteiger charge is 2.18. The van der Waals surface area contributed by atoms with Crippen LogP contribution in [0, 0.1) is 0 Å². The van der Waals surface area contributed by atoms with Crippen LogP contribution in [0.3, 0.4) is 0 Å². The summed E-state index contributed by atoms with van der Waals surface area (Å²) < 4.78 is 10.4. The van der Waals surface area contributed by atoms with Crippen LogP contribution in [0.4, 0.5) is 11.4 Å². The molecular formula is C23H28N2O4. The van der Waals surface area contributed by atoms with Crippen LogP contribution in [-0.4, -0.2) is 38.2 Å². The predicted molar refractivity (Wildman–Crippen MR) is 113 cm³/mol. The van der Waals surface area contributed by atoms with E-state index in [0.29, 0.717) is 5.69 Å². The van der Waals surface area contributed by atoms with Crippen LogP contribution in [0.25, 0.3) is 0 Å². The molecule has 6 heteroatoms. The molecule has 1 aliphatic rings. The Morgan fingerprint density at radius 1 is 1.00 bits per heavy atom. The molecule has 0 spiro atoms. The van der Waals surface area contributed by atoms with Crippen LogP contribution in [0.2, 0.25) is 0 Å². The lowest BCUT2D eigenvalue weighted by Crippen LogP contribution is -2.30. The summed E-state index contributed by atoms with van der Waals surface area (Å²) in [5.41, 5.74) is 2.66. The summed E-state index contributed by atoms with van der Waals surface area (Å²) in [5.74, 6) is -0.0711. The first kappa shape index (κ1) is 20.7. The molecule has 1 heterocycles. The van der Waals surface area contributed by atoms with Gasteiger partial charge in [-0.15, -0.1) is 0 Å². The van der Waals surface area contributed by atoms with Gasteiger partial charge in [-0.2, -0.15) is 0 Å². The van der Waals surface area contributed by atoms with Crippen LogP contribution >= 0.6 is 0 Å². The number of hydrogen-bond donors (Lipinski definition) is 1. The van der Waals surface area contributed by atoms with E-state index in [1.165, 1.54) is 24.9 Å². The second kappa shape index (κ2) is 9.96. The molecule has 0 bridgehead atoms. The minimum absolute atomic E-state index is 0.103. The molecular weight excluding hydrogens is 368 g/mol. The Morgan fingerprint density at radius 3 is 2.28 bits per heavy atom. The molecule has 0 radical (unpaired) electrons. The maximum Gasteiger partial charge on any atom is 0.311 e. The SMILES string of the molecule is COc1ccc(CC(=O)O[C@@H](C)C(=O)Nc2ccc(N3CCCCC3)cc2)cc1. The minimum Gasteiger partial charge on any atom is -0.497 e. The van der Waals surface area contributed by atoms with E-state index in [4.69, 9.17) is 9.47 Å². The van der Waals surface area contributed by atoms with Crippen LogP contribution in [0.5, 0.6) is 5.75 Å². The second-order valence-corrected chi connectivity index (χ2v) is 7.24. The van der Waals surface area contributed by atoms with Crippen LogP contribution in [0.15, 0.2) is 48.5 Å². The largest absolute Gasteiger partial charge is 0.497 e. The summed E-state index contributed by atoms with van der Waals surface area (Å²) in [7, 11) is 1.59. The lowest BCUT2D eigenvalue weighted by atomic mass is 10.1. The first-order valence-electron chi connectivity index (χ1n) is 10.0. The molecule has 0 aromatic heterocycles. The van der Waals surface area contributed by atoms with Gasteiger partial charge in [0.05, 0.1) is 13.5 Å². The fourth-order valence-corrected chi connectivity index (χ4v) is 3.35. The molecule has 1 atom stereocenters. The van der Waals surface area contributed by atoms with Gasteiger partial charge in [0.25, 0.3) is 5.91 Å². The van der Waals surface area contributed by atoms with Gasteiger partial charge in [-0.25, -0.2) is 0 Å². The molecule has 3 rings (SSSR count). The van der Waals surface area contributed by atoms with Crippen LogP contribution in [-0.2, 0) is 20.7 Å². The topological polar surface area (TPSA) is 67.9 Å². The summed E-state index contributed by atoms with van der Waals surface area (Å²) in [6, 6.07) is 15.0. The molecule has 0 saturated carbocycles. The molecule has 29 heavy (non-hydrogen) atoms. The van der Waals surface area contributed by atoms with Crippen molar-refractivity contribution in [1.82, 2.24) is 0 Å². The number of esters is 1. The van der Waals surface area contributed by atoms with Gasteiger partial charge in [0.15, 0.2) is 6.10 Å². The Labute approximate surface area is 171 Å². The normalized spacial score (nSPS) is 14.8. The third-order valence-corrected chi connectivity index (χ3v) is 5.04. The van der Waals surface area contributed by atoms with Crippen molar-refractivity contribution in [3.05, 3.63) is 54.1 Å². The van der Waals surface area contributed by atoms with Gasteiger partial charge < -0.3 is 19.7 Å². The number of ether oxygens (including phenoxy) is 2. The number of piperidine rings is 1. The number of nitrogens with zero attached hydrogens (tertiary/aromatic N) is 1. The molecule has 1 N–H and O–H groups in total. The number of nitrogens with one attached hydrogen (secondary N) is 1. The monoisotopic (exact) mass is 396 g/mol. The maximum atomic E-state index is 12.4. The zero-order valence-electron chi connectivity index (χ0n) is 17.0. The van der Waals surface area contributed by atoms with E-state index in [2.05, 4.69) is 10.2 Å². The highest BCUT2D eigenvalue weighted by Crippen LogP contribution is 2.22. The average Bonchev–Trinajstić information content (AvgIpc) is 2.75. The lowest BCUT2D eigenvalue weighted by Gasteiger charge is -2.28. The quantitative estimate of drug-likeness (QED) is 0.721. The fourth-order valence-electron chi connectivity index (χ4n) is 3.35. The number of methoxy groups -OCH3 is 1. The zero-order chi connectivity index (χ0) is 20.6. The third kappa shape index (κ3) is 5.98. The minimum atomic E-state index is -0.873. The summed E-state index contributed by atoms with van der Waals surface area (Å²) >= 11 is 0. The van der Waals surface area contributed by atoms with E-state index in [-0.39, 0.29) is 12.3 Å². The molecule has 1 saturated heterocycles. The van der Waals surface area contributed by atoms with E-state index in [1.807, 2.05) is 24.3 Å². The lowest BCUT2D eigenvalue weighted by molar-refractivity contribution is -0.152. The molecule has 2 aromatic rings. The number of amides is 1. The standard InChI is InChI=1S/C23H28N2O4/c1-17(29-22(26)16-18-6-12-21(28-2)13-7-18)23(27)24-19-8-10-20(11-9-19)25-14-4-3-5-15-25/h6-13,17H,3-5,14-16H2,1-2H3,(H,24,27)/t17-/m0/s1. The number of carbonyl (C=O) groups is 2. The highest BCUT2D eigenvalue weighted by atomic mass is 16.5. The number of rotatable bonds is 7. The predicted octanol–water partition coefficient (Wildman–Crippen LogP) is 3.80. The van der Waals surface area contributed by atoms with Crippen molar-refractivity contribution in [3.8, 4) is 5.75 Å². The Bertz CT molecular complexity index is 812. The van der Waals surface area contributed by atoms with Gasteiger partial charge in [-0.05, 0) is 68.1 Å². The van der Waals surface area contributed by atoms with E-state index in [0.717, 1.165) is 24.4 Å². The Balaban J connectivity index is 1.48. The Hall–Kier alpha value is -3.02. The van der Waals surface area contributed by atoms with E-state index >= 15 is 0 Å². The van der Waals surface area contributed by atoms with E-state index in [1.54, 1.807) is 38.3 Å². The highest BCUT2D eigenvalue weighted by molar-refractivity contribution is 5.95. The first-order valence-corrected chi connectivity index (χ1v) is 10.0. The Morgan fingerprint density at radius 2 is 1.66 bits per heavy atom. The van der Waals surface area contributed by atoms with E-state index in [9.17, 15) is 9.59 Å². The fraction of sp³-hybridized carbons (Fsp3) is 0.391. The molecule has 2 aromatic carbocycles. The van der Waals surface area contributed by atoms with Crippen molar-refractivity contribution in [2.45, 2.75) is 38.7 Å². The second-order valence-electron chi connectivity index (χ2n) is 7.24. The zero-order valence-corrected chi connectivity index (χ0v) is 17.0. The molecule has 1 amide bonds. The summed E-state index contributed by atoms with van der Waals surface area (Å²) in [4.78, 5) is 26.8. The van der Waals surface area contributed by atoms with Gasteiger partial charge in [-0.3, -0.25) is 9.59 Å². The van der Waals surface area contributed by atoms with Crippen molar-refractivity contribution < 1.29 is 19.1 Å².